The largest absolute Gasteiger partial charge is 0.506 e. The van der Waals surface area contributed by atoms with Gasteiger partial charge in [0.2, 0.25) is 5.75 Å². The Kier molecular flexibility index (Phi) is 6.03. The Labute approximate surface area is 156 Å². The van der Waals surface area contributed by atoms with E-state index in [1.54, 1.807) is 0 Å². The monoisotopic (exact) mass is 372 g/mol. The molecule has 0 aliphatic carbocycles. The van der Waals surface area contributed by atoms with Crippen molar-refractivity contribution in [2.24, 2.45) is 0 Å². The molecule has 0 saturated heterocycles. The van der Waals surface area contributed by atoms with Crippen molar-refractivity contribution in [1.29, 1.82) is 0 Å². The topological polar surface area (TPSA) is 58.9 Å². The van der Waals surface area contributed by atoms with E-state index in [2.05, 4.69) is 32.6 Å². The number of phenols is 2. The molecule has 0 heterocycles. The summed E-state index contributed by atoms with van der Waals surface area (Å²) in [5.74, 6) is 0.439. The van der Waals surface area contributed by atoms with E-state index in [4.69, 9.17) is 9.47 Å². The normalized spacial score (nSPS) is 12.2. The maximum Gasteiger partial charge on any atom is 0.202 e. The van der Waals surface area contributed by atoms with Crippen molar-refractivity contribution in [2.45, 2.75) is 33.0 Å². The van der Waals surface area contributed by atoms with Crippen LogP contribution in [0.1, 0.15) is 18.9 Å². The molecule has 2 aromatic rings. The molecule has 2 rings (SSSR count). The number of aromatic hydroxyl groups is 2. The molecule has 0 aliphatic heterocycles. The Bertz CT molecular complexity index is 805. The SMILES string of the molecule is CC/C=C(\c1c(O)c(-c2ccccc2)c(OC)c(O)c1OC)[Si](C)(C)C. The maximum atomic E-state index is 11.3. The molecule has 0 aliphatic rings. The van der Waals surface area contributed by atoms with Crippen LogP contribution in [0.15, 0.2) is 36.4 Å². The van der Waals surface area contributed by atoms with Crippen molar-refractivity contribution in [2.75, 3.05) is 14.2 Å². The van der Waals surface area contributed by atoms with E-state index in [1.807, 2.05) is 30.3 Å². The molecular weight excluding hydrogens is 344 g/mol. The molecular formula is C21H28O4Si. The van der Waals surface area contributed by atoms with Gasteiger partial charge in [-0.1, -0.05) is 63.0 Å². The molecule has 2 aromatic carbocycles. The van der Waals surface area contributed by atoms with Gasteiger partial charge < -0.3 is 19.7 Å². The summed E-state index contributed by atoms with van der Waals surface area (Å²) >= 11 is 0. The number of methoxy groups -OCH3 is 2. The molecule has 0 bridgehead atoms. The highest BCUT2D eigenvalue weighted by Crippen LogP contribution is 2.55. The van der Waals surface area contributed by atoms with Gasteiger partial charge in [0, 0.05) is 0 Å². The quantitative estimate of drug-likeness (QED) is 0.523. The number of ether oxygens (including phenoxy) is 2. The summed E-state index contributed by atoms with van der Waals surface area (Å²) in [5, 5.41) is 23.2. The van der Waals surface area contributed by atoms with Crippen LogP contribution in [0.5, 0.6) is 23.0 Å². The van der Waals surface area contributed by atoms with Crippen LogP contribution in [0.4, 0.5) is 0 Å². The number of allylic oxidation sites excluding steroid dienone is 1. The van der Waals surface area contributed by atoms with E-state index in [0.717, 1.165) is 17.2 Å². The van der Waals surface area contributed by atoms with Crippen molar-refractivity contribution in [3.63, 3.8) is 0 Å². The van der Waals surface area contributed by atoms with E-state index in [9.17, 15) is 10.2 Å². The molecule has 140 valence electrons. The fourth-order valence-corrected chi connectivity index (χ4v) is 4.99. The van der Waals surface area contributed by atoms with Gasteiger partial charge >= 0.3 is 0 Å². The second kappa shape index (κ2) is 7.87. The Morgan fingerprint density at radius 3 is 2.00 bits per heavy atom. The first-order chi connectivity index (χ1) is 12.3. The first-order valence-electron chi connectivity index (χ1n) is 8.74. The van der Waals surface area contributed by atoms with Gasteiger partial charge in [-0.2, -0.15) is 0 Å². The van der Waals surface area contributed by atoms with Crippen LogP contribution in [0.3, 0.4) is 0 Å². The zero-order valence-electron chi connectivity index (χ0n) is 16.4. The Morgan fingerprint density at radius 1 is 0.962 bits per heavy atom. The van der Waals surface area contributed by atoms with E-state index >= 15 is 0 Å². The third-order valence-electron chi connectivity index (χ3n) is 4.31. The third-order valence-corrected chi connectivity index (χ3v) is 6.38. The van der Waals surface area contributed by atoms with Gasteiger partial charge in [-0.3, -0.25) is 0 Å². The average molecular weight is 373 g/mol. The lowest BCUT2D eigenvalue weighted by atomic mass is 9.97. The van der Waals surface area contributed by atoms with Gasteiger partial charge in [0.1, 0.15) is 5.75 Å². The molecule has 0 aromatic heterocycles. The van der Waals surface area contributed by atoms with Crippen LogP contribution in [-0.2, 0) is 0 Å². The maximum absolute atomic E-state index is 11.3. The predicted molar refractivity (Wildman–Crippen MR) is 110 cm³/mol. The highest BCUT2D eigenvalue weighted by atomic mass is 28.3. The van der Waals surface area contributed by atoms with Crippen LogP contribution in [0, 0.1) is 0 Å². The van der Waals surface area contributed by atoms with Crippen LogP contribution < -0.4 is 9.47 Å². The minimum absolute atomic E-state index is 0.0739. The fraction of sp³-hybridized carbons (Fsp3) is 0.333. The molecule has 0 amide bonds. The third kappa shape index (κ3) is 3.58. The standard InChI is InChI=1S/C21H28O4Si/c1-7-11-15(26(4,5)6)17-18(22)16(14-12-9-8-10-13-14)20(24-2)19(23)21(17)25-3/h8-13,22-23H,7H2,1-6H3/b15-11+. The van der Waals surface area contributed by atoms with Gasteiger partial charge in [-0.05, 0) is 17.2 Å². The van der Waals surface area contributed by atoms with Crippen LogP contribution >= 0.6 is 0 Å². The zero-order chi connectivity index (χ0) is 19.5. The summed E-state index contributed by atoms with van der Waals surface area (Å²) in [5.41, 5.74) is 1.81. The number of hydrogen-bond acceptors (Lipinski definition) is 4. The summed E-state index contributed by atoms with van der Waals surface area (Å²) in [6, 6.07) is 9.44. The number of hydrogen-bond donors (Lipinski definition) is 2. The number of benzene rings is 2. The van der Waals surface area contributed by atoms with Gasteiger partial charge in [-0.25, -0.2) is 0 Å². The molecule has 0 atom stereocenters. The first-order valence-corrected chi connectivity index (χ1v) is 12.2. The Hall–Kier alpha value is -2.40. The fourth-order valence-electron chi connectivity index (χ4n) is 3.19. The number of rotatable bonds is 6. The molecule has 26 heavy (non-hydrogen) atoms. The number of phenolic OH excluding ortho intramolecular Hbond substituents is 2. The summed E-state index contributed by atoms with van der Waals surface area (Å²) in [6.45, 7) is 8.68. The van der Waals surface area contributed by atoms with Crippen molar-refractivity contribution in [3.05, 3.63) is 42.0 Å². The van der Waals surface area contributed by atoms with E-state index < -0.39 is 8.07 Å². The minimum Gasteiger partial charge on any atom is -0.506 e. The molecule has 0 saturated carbocycles. The summed E-state index contributed by atoms with van der Waals surface area (Å²) < 4.78 is 10.9. The van der Waals surface area contributed by atoms with Gasteiger partial charge in [0.25, 0.3) is 0 Å². The average Bonchev–Trinajstić information content (AvgIpc) is 2.60. The smallest absolute Gasteiger partial charge is 0.202 e. The zero-order valence-corrected chi connectivity index (χ0v) is 17.4. The van der Waals surface area contributed by atoms with Gasteiger partial charge in [-0.15, -0.1) is 0 Å². The van der Waals surface area contributed by atoms with E-state index in [0.29, 0.717) is 11.1 Å². The van der Waals surface area contributed by atoms with Crippen molar-refractivity contribution >= 4 is 13.3 Å². The highest BCUT2D eigenvalue weighted by Gasteiger charge is 2.32. The lowest BCUT2D eigenvalue weighted by molar-refractivity contribution is 0.335. The first kappa shape index (κ1) is 19.9. The van der Waals surface area contributed by atoms with Gasteiger partial charge in [0.05, 0.1) is 33.4 Å². The van der Waals surface area contributed by atoms with E-state index in [-0.39, 0.29) is 23.0 Å². The highest BCUT2D eigenvalue weighted by molar-refractivity contribution is 6.93. The van der Waals surface area contributed by atoms with Crippen LogP contribution in [-0.4, -0.2) is 32.5 Å². The van der Waals surface area contributed by atoms with Crippen LogP contribution in [0.2, 0.25) is 19.6 Å². The van der Waals surface area contributed by atoms with Crippen molar-refractivity contribution < 1.29 is 19.7 Å². The van der Waals surface area contributed by atoms with Crippen molar-refractivity contribution in [3.8, 4) is 34.1 Å². The molecule has 0 radical (unpaired) electrons. The molecule has 0 spiro atoms. The predicted octanol–water partition coefficient (Wildman–Crippen LogP) is 5.45. The summed E-state index contributed by atoms with van der Waals surface area (Å²) in [7, 11) is 1.13. The summed E-state index contributed by atoms with van der Waals surface area (Å²) in [6.07, 6.45) is 2.94. The molecule has 5 heteroatoms. The lowest BCUT2D eigenvalue weighted by Gasteiger charge is -2.27. The van der Waals surface area contributed by atoms with E-state index in [1.165, 1.54) is 14.2 Å². The molecule has 2 N–H and O–H groups in total. The van der Waals surface area contributed by atoms with Gasteiger partial charge in [0.15, 0.2) is 11.5 Å². The molecule has 0 unspecified atom stereocenters. The Morgan fingerprint density at radius 2 is 1.54 bits per heavy atom. The van der Waals surface area contributed by atoms with Crippen LogP contribution in [0.25, 0.3) is 16.3 Å². The lowest BCUT2D eigenvalue weighted by Crippen LogP contribution is -2.23. The molecule has 4 nitrogen and oxygen atoms in total. The Balaban J connectivity index is 2.97. The summed E-state index contributed by atoms with van der Waals surface area (Å²) in [4.78, 5) is 0. The second-order valence-electron chi connectivity index (χ2n) is 7.16. The molecule has 0 fully saturated rings. The second-order valence-corrected chi connectivity index (χ2v) is 12.2. The van der Waals surface area contributed by atoms with Crippen molar-refractivity contribution in [1.82, 2.24) is 0 Å². The minimum atomic E-state index is -1.83.